The first-order valence-electron chi connectivity index (χ1n) is 15.1. The number of nitro benzene ring substituents is 1. The zero-order valence-corrected chi connectivity index (χ0v) is 26.3. The molecule has 0 bridgehead atoms. The van der Waals surface area contributed by atoms with Gasteiger partial charge >= 0.3 is 0 Å². The molecule has 45 heavy (non-hydrogen) atoms. The first-order chi connectivity index (χ1) is 22.2. The zero-order chi connectivity index (χ0) is 32.3. The Morgan fingerprint density at radius 1 is 0.467 bits per heavy atom. The predicted octanol–water partition coefficient (Wildman–Crippen LogP) is 2.30. The maximum atomic E-state index is 10.6. The highest BCUT2D eigenvalue weighted by atomic mass is 16.6. The van der Waals surface area contributed by atoms with E-state index < -0.39 is 4.92 Å². The van der Waals surface area contributed by atoms with Crippen LogP contribution in [0.2, 0.25) is 0 Å². The lowest BCUT2D eigenvalue weighted by Crippen LogP contribution is -2.15. The van der Waals surface area contributed by atoms with Crippen molar-refractivity contribution >= 4 is 5.69 Å². The Hall–Kier alpha value is -2.44. The molecule has 0 aliphatic rings. The Labute approximate surface area is 266 Å². The van der Waals surface area contributed by atoms with Gasteiger partial charge in [-0.2, -0.15) is 0 Å². The molecule has 0 saturated carbocycles. The van der Waals surface area contributed by atoms with Crippen LogP contribution < -0.4 is 4.74 Å². The fourth-order valence-corrected chi connectivity index (χ4v) is 3.15. The van der Waals surface area contributed by atoms with E-state index in [0.717, 1.165) is 0 Å². The van der Waals surface area contributed by atoms with Crippen LogP contribution in [-0.2, 0) is 52.1 Å². The number of nitrogens with zero attached hydrogens (tertiary/aromatic N) is 1. The van der Waals surface area contributed by atoms with Gasteiger partial charge in [-0.25, -0.2) is 0 Å². The van der Waals surface area contributed by atoms with Crippen LogP contribution in [0.15, 0.2) is 37.1 Å². The van der Waals surface area contributed by atoms with Crippen molar-refractivity contribution in [3.63, 3.8) is 0 Å². The average Bonchev–Trinajstić information content (AvgIpc) is 3.05. The van der Waals surface area contributed by atoms with E-state index >= 15 is 0 Å². The van der Waals surface area contributed by atoms with Crippen molar-refractivity contribution in [1.82, 2.24) is 0 Å². The molecule has 0 N–H and O–H groups in total. The van der Waals surface area contributed by atoms with Crippen LogP contribution in [0.25, 0.3) is 0 Å². The summed E-state index contributed by atoms with van der Waals surface area (Å²) in [6.45, 7) is 14.0. The summed E-state index contributed by atoms with van der Waals surface area (Å²) in [6.07, 6.45) is 1.39. The fourth-order valence-electron chi connectivity index (χ4n) is 3.15. The van der Waals surface area contributed by atoms with Gasteiger partial charge < -0.3 is 56.8 Å². The molecule has 1 rings (SSSR count). The van der Waals surface area contributed by atoms with E-state index in [1.807, 2.05) is 0 Å². The molecule has 0 aromatic heterocycles. The van der Waals surface area contributed by atoms with Crippen LogP contribution in [0.1, 0.15) is 0 Å². The first kappa shape index (κ1) is 40.6. The van der Waals surface area contributed by atoms with Gasteiger partial charge in [0.05, 0.1) is 143 Å². The molecule has 15 nitrogen and oxygen atoms in total. The van der Waals surface area contributed by atoms with E-state index in [0.29, 0.717) is 151 Å². The molecule has 0 radical (unpaired) electrons. The number of hydrogen-bond donors (Lipinski definition) is 0. The van der Waals surface area contributed by atoms with Crippen LogP contribution in [0.5, 0.6) is 5.75 Å². The number of nitro groups is 1. The van der Waals surface area contributed by atoms with E-state index in [1.54, 1.807) is 12.1 Å². The maximum Gasteiger partial charge on any atom is 0.269 e. The van der Waals surface area contributed by atoms with Crippen molar-refractivity contribution in [3.8, 4) is 5.75 Å². The Bertz CT molecular complexity index is 786. The molecule has 0 heterocycles. The van der Waals surface area contributed by atoms with E-state index in [9.17, 15) is 10.1 Å². The molecular weight excluding hydrogens is 598 g/mol. The third kappa shape index (κ3) is 28.8. The van der Waals surface area contributed by atoms with E-state index in [2.05, 4.69) is 6.58 Å². The van der Waals surface area contributed by atoms with Crippen LogP contribution >= 0.6 is 0 Å². The van der Waals surface area contributed by atoms with Gasteiger partial charge in [0, 0.05) is 12.1 Å². The zero-order valence-electron chi connectivity index (χ0n) is 26.3. The highest BCUT2D eigenvalue weighted by molar-refractivity contribution is 5.35. The molecule has 260 valence electrons. The third-order valence-corrected chi connectivity index (χ3v) is 5.36. The quantitative estimate of drug-likeness (QED) is 0.0452. The van der Waals surface area contributed by atoms with Gasteiger partial charge in [0.2, 0.25) is 0 Å². The van der Waals surface area contributed by atoms with Gasteiger partial charge in [0.15, 0.2) is 0 Å². The van der Waals surface area contributed by atoms with Gasteiger partial charge in [-0.15, -0.1) is 0 Å². The summed E-state index contributed by atoms with van der Waals surface area (Å²) in [5.74, 6) is 0.555. The Morgan fingerprint density at radius 3 is 1.00 bits per heavy atom. The van der Waals surface area contributed by atoms with Crippen molar-refractivity contribution in [3.05, 3.63) is 47.2 Å². The normalized spacial score (nSPS) is 11.1. The van der Waals surface area contributed by atoms with Gasteiger partial charge in [-0.05, 0) is 12.1 Å². The van der Waals surface area contributed by atoms with Crippen LogP contribution in [0, 0.1) is 10.1 Å². The van der Waals surface area contributed by atoms with Crippen LogP contribution in [0.4, 0.5) is 5.69 Å². The van der Waals surface area contributed by atoms with Crippen molar-refractivity contribution in [2.75, 3.05) is 145 Å². The van der Waals surface area contributed by atoms with Crippen LogP contribution in [0.3, 0.4) is 0 Å². The van der Waals surface area contributed by atoms with Gasteiger partial charge in [-0.3, -0.25) is 10.1 Å². The highest BCUT2D eigenvalue weighted by Crippen LogP contribution is 2.17. The number of ether oxygens (including phenoxy) is 12. The SMILES string of the molecule is C=COCCOCCOCCOCCOCCOCCOCCOCCOCCOCCOCCOc1ccc([N+](=O)[O-])cc1. The lowest BCUT2D eigenvalue weighted by Gasteiger charge is -2.09. The number of hydrogen-bond acceptors (Lipinski definition) is 14. The number of benzene rings is 1. The number of rotatable bonds is 36. The summed E-state index contributed by atoms with van der Waals surface area (Å²) >= 11 is 0. The summed E-state index contributed by atoms with van der Waals surface area (Å²) in [7, 11) is 0. The Morgan fingerprint density at radius 2 is 0.733 bits per heavy atom. The summed E-state index contributed by atoms with van der Waals surface area (Å²) in [5, 5.41) is 10.6. The van der Waals surface area contributed by atoms with Crippen molar-refractivity contribution in [2.24, 2.45) is 0 Å². The topological polar surface area (TPSA) is 154 Å². The molecular formula is C30H51NO14. The second-order valence-corrected chi connectivity index (χ2v) is 8.76. The minimum Gasteiger partial charge on any atom is -0.499 e. The summed E-state index contributed by atoms with van der Waals surface area (Å²) in [6, 6.07) is 5.91. The van der Waals surface area contributed by atoms with Crippen molar-refractivity contribution in [1.29, 1.82) is 0 Å². The van der Waals surface area contributed by atoms with E-state index in [1.165, 1.54) is 18.4 Å². The largest absolute Gasteiger partial charge is 0.499 e. The summed E-state index contributed by atoms with van der Waals surface area (Å²) < 4.78 is 64.7. The second-order valence-electron chi connectivity index (χ2n) is 8.76. The minimum absolute atomic E-state index is 0.0249. The van der Waals surface area contributed by atoms with Gasteiger partial charge in [0.25, 0.3) is 5.69 Å². The monoisotopic (exact) mass is 649 g/mol. The summed E-state index contributed by atoms with van der Waals surface area (Å²) in [5.41, 5.74) is 0.0249. The molecule has 0 saturated heterocycles. The van der Waals surface area contributed by atoms with Crippen molar-refractivity contribution < 1.29 is 61.8 Å². The molecule has 0 aliphatic heterocycles. The first-order valence-corrected chi connectivity index (χ1v) is 15.1. The minimum atomic E-state index is -0.453. The molecule has 0 unspecified atom stereocenters. The number of non-ortho nitro benzene ring substituents is 1. The van der Waals surface area contributed by atoms with Crippen LogP contribution in [-0.4, -0.2) is 150 Å². The Balaban J connectivity index is 1.65. The molecule has 0 fully saturated rings. The lowest BCUT2D eigenvalue weighted by atomic mass is 10.3. The van der Waals surface area contributed by atoms with E-state index in [4.69, 9.17) is 56.8 Å². The standard InChI is InChI=1S/C30H51NO14/c1-2-34-7-8-35-9-10-36-11-12-37-13-14-38-15-16-39-17-18-40-19-20-41-21-22-42-23-24-43-25-26-44-27-28-45-30-5-3-29(4-6-30)31(32)33/h2-6H,1,7-28H2. The van der Waals surface area contributed by atoms with Crippen molar-refractivity contribution in [2.45, 2.75) is 0 Å². The van der Waals surface area contributed by atoms with Gasteiger partial charge in [0.1, 0.15) is 19.0 Å². The summed E-state index contributed by atoms with van der Waals surface area (Å²) in [4.78, 5) is 10.2. The molecule has 0 atom stereocenters. The van der Waals surface area contributed by atoms with Gasteiger partial charge in [-0.1, -0.05) is 6.58 Å². The lowest BCUT2D eigenvalue weighted by molar-refractivity contribution is -0.384. The van der Waals surface area contributed by atoms with E-state index in [-0.39, 0.29) is 5.69 Å². The molecule has 1 aromatic carbocycles. The molecule has 0 aliphatic carbocycles. The maximum absolute atomic E-state index is 10.6. The third-order valence-electron chi connectivity index (χ3n) is 5.36. The molecule has 0 amide bonds. The molecule has 0 spiro atoms. The molecule has 15 heteroatoms. The predicted molar refractivity (Wildman–Crippen MR) is 163 cm³/mol. The highest BCUT2D eigenvalue weighted by Gasteiger charge is 2.04. The Kier molecular flexibility index (Phi) is 29.7. The average molecular weight is 650 g/mol. The smallest absolute Gasteiger partial charge is 0.269 e. The fraction of sp³-hybridized carbons (Fsp3) is 0.733. The second kappa shape index (κ2) is 32.9. The molecule has 1 aromatic rings.